The number of carbonyl (C=O) groups is 2. The van der Waals surface area contributed by atoms with Gasteiger partial charge in [0.15, 0.2) is 15.8 Å². The molecule has 0 radical (unpaired) electrons. The van der Waals surface area contributed by atoms with E-state index in [1.54, 1.807) is 49.6 Å². The normalized spacial score (nSPS) is 15.6. The Balaban J connectivity index is 1.39. The quantitative estimate of drug-likeness (QED) is 0.0328. The average Bonchev–Trinajstić information content (AvgIpc) is 3.69. The van der Waals surface area contributed by atoms with E-state index in [9.17, 15) is 14.7 Å². The summed E-state index contributed by atoms with van der Waals surface area (Å²) in [7, 11) is 1.54. The van der Waals surface area contributed by atoms with Crippen LogP contribution in [0.5, 0.6) is 17.2 Å². The van der Waals surface area contributed by atoms with Crippen molar-refractivity contribution in [3.8, 4) is 17.2 Å². The van der Waals surface area contributed by atoms with E-state index in [-0.39, 0.29) is 16.5 Å². The third kappa shape index (κ3) is 6.74. The van der Waals surface area contributed by atoms with Crippen LogP contribution in [0.15, 0.2) is 94.8 Å². The molecule has 1 aromatic heterocycles. The summed E-state index contributed by atoms with van der Waals surface area (Å²) in [5.41, 5.74) is 2.01. The van der Waals surface area contributed by atoms with Gasteiger partial charge in [-0.1, -0.05) is 85.0 Å². The number of aromatic nitrogens is 2. The lowest BCUT2D eigenvalue weighted by Crippen LogP contribution is -2.29. The van der Waals surface area contributed by atoms with Crippen molar-refractivity contribution < 1.29 is 28.9 Å². The summed E-state index contributed by atoms with van der Waals surface area (Å²) in [6, 6.07) is 25.4. The molecule has 1 fully saturated rings. The molecule has 9 nitrogen and oxygen atoms in total. The van der Waals surface area contributed by atoms with Crippen LogP contribution >= 0.6 is 23.1 Å². The van der Waals surface area contributed by atoms with Crippen molar-refractivity contribution >= 4 is 56.5 Å². The Morgan fingerprint density at radius 3 is 2.50 bits per heavy atom. The van der Waals surface area contributed by atoms with Crippen molar-refractivity contribution in [2.45, 2.75) is 42.8 Å². The minimum atomic E-state index is -1.00. The van der Waals surface area contributed by atoms with E-state index < -0.39 is 17.7 Å². The van der Waals surface area contributed by atoms with Gasteiger partial charge in [-0.2, -0.15) is 0 Å². The summed E-state index contributed by atoms with van der Waals surface area (Å²) >= 11 is 2.73. The summed E-state index contributed by atoms with van der Waals surface area (Å²) in [5, 5.41) is 22.9. The Labute approximate surface area is 287 Å². The third-order valence-corrected chi connectivity index (χ3v) is 10.1. The van der Waals surface area contributed by atoms with Gasteiger partial charge in [-0.25, -0.2) is 0 Å². The minimum absolute atomic E-state index is 0.0626. The number of aliphatic hydroxyl groups excluding tert-OH is 1. The van der Waals surface area contributed by atoms with Crippen molar-refractivity contribution in [3.63, 3.8) is 0 Å². The number of thioether (sulfide) groups is 1. The zero-order chi connectivity index (χ0) is 33.6. The van der Waals surface area contributed by atoms with E-state index in [0.29, 0.717) is 51.7 Å². The SMILES string of the molecule is CCCCOc1ccc(C2C(=C(O)c3ccc(OC)cc3)C(=O)C(=O)N2c2nnc(SCc3cccc4ccccc34)s2)cc1OCC. The Bertz CT molecular complexity index is 1970. The van der Waals surface area contributed by atoms with Crippen LogP contribution < -0.4 is 19.1 Å². The van der Waals surface area contributed by atoms with E-state index in [1.165, 1.54) is 28.0 Å². The summed E-state index contributed by atoms with van der Waals surface area (Å²) in [5.74, 6) is 0.333. The van der Waals surface area contributed by atoms with E-state index in [1.807, 2.05) is 25.1 Å². The number of amides is 1. The number of fused-ring (bicyclic) bond motifs is 1. The topological polar surface area (TPSA) is 111 Å². The predicted molar refractivity (Wildman–Crippen MR) is 189 cm³/mol. The van der Waals surface area contributed by atoms with Crippen molar-refractivity contribution in [2.75, 3.05) is 25.2 Å². The number of ether oxygens (including phenoxy) is 3. The number of unbranched alkanes of at least 4 members (excludes halogenated alkanes) is 1. The Kier molecular flexibility index (Phi) is 10.3. The van der Waals surface area contributed by atoms with Gasteiger partial charge >= 0.3 is 5.91 Å². The molecule has 246 valence electrons. The molecule has 0 saturated carbocycles. The zero-order valence-electron chi connectivity index (χ0n) is 26.8. The first-order valence-electron chi connectivity index (χ1n) is 15.7. The lowest BCUT2D eigenvalue weighted by Gasteiger charge is -2.23. The molecule has 0 bridgehead atoms. The summed E-state index contributed by atoms with van der Waals surface area (Å²) in [4.78, 5) is 28.9. The second-order valence-electron chi connectivity index (χ2n) is 11.0. The molecule has 48 heavy (non-hydrogen) atoms. The van der Waals surface area contributed by atoms with Gasteiger partial charge in [-0.3, -0.25) is 14.5 Å². The number of methoxy groups -OCH3 is 1. The fourth-order valence-corrected chi connectivity index (χ4v) is 7.45. The first kappa shape index (κ1) is 33.0. The molecule has 5 aromatic rings. The highest BCUT2D eigenvalue weighted by molar-refractivity contribution is 8.00. The van der Waals surface area contributed by atoms with Crippen LogP contribution in [-0.4, -0.2) is 47.3 Å². The molecule has 1 N–H and O–H groups in total. The first-order valence-corrected chi connectivity index (χ1v) is 17.5. The van der Waals surface area contributed by atoms with E-state index in [2.05, 4.69) is 41.4 Å². The molecule has 11 heteroatoms. The zero-order valence-corrected chi connectivity index (χ0v) is 28.5. The van der Waals surface area contributed by atoms with Crippen LogP contribution in [0.4, 0.5) is 5.13 Å². The van der Waals surface area contributed by atoms with Crippen molar-refractivity contribution in [2.24, 2.45) is 0 Å². The molecule has 2 heterocycles. The van der Waals surface area contributed by atoms with Gasteiger partial charge in [-0.15, -0.1) is 10.2 Å². The highest BCUT2D eigenvalue weighted by Crippen LogP contribution is 2.46. The van der Waals surface area contributed by atoms with Crippen LogP contribution in [0, 0.1) is 0 Å². The number of hydrogen-bond donors (Lipinski definition) is 1. The summed E-state index contributed by atoms with van der Waals surface area (Å²) in [6.45, 7) is 4.86. The van der Waals surface area contributed by atoms with E-state index >= 15 is 0 Å². The van der Waals surface area contributed by atoms with Crippen LogP contribution in [0.3, 0.4) is 0 Å². The van der Waals surface area contributed by atoms with Gasteiger partial charge < -0.3 is 19.3 Å². The molecule has 1 aliphatic heterocycles. The molecular formula is C37H35N3O6S2. The Morgan fingerprint density at radius 2 is 1.73 bits per heavy atom. The van der Waals surface area contributed by atoms with Gasteiger partial charge in [-0.05, 0) is 71.6 Å². The molecule has 1 amide bonds. The smallest absolute Gasteiger partial charge is 0.301 e. The van der Waals surface area contributed by atoms with E-state index in [4.69, 9.17) is 14.2 Å². The monoisotopic (exact) mass is 681 g/mol. The number of benzene rings is 4. The molecule has 0 spiro atoms. The molecule has 0 aliphatic carbocycles. The van der Waals surface area contributed by atoms with Gasteiger partial charge in [0.05, 0.1) is 31.9 Å². The predicted octanol–water partition coefficient (Wildman–Crippen LogP) is 8.20. The maximum absolute atomic E-state index is 13.8. The van der Waals surface area contributed by atoms with Crippen LogP contribution in [-0.2, 0) is 15.3 Å². The van der Waals surface area contributed by atoms with Crippen molar-refractivity contribution in [3.05, 3.63) is 107 Å². The molecule has 1 aliphatic rings. The number of hydrogen-bond acceptors (Lipinski definition) is 10. The molecule has 6 rings (SSSR count). The van der Waals surface area contributed by atoms with Gasteiger partial charge in [0.1, 0.15) is 11.5 Å². The second-order valence-corrected chi connectivity index (χ2v) is 13.2. The maximum atomic E-state index is 13.8. The highest BCUT2D eigenvalue weighted by atomic mass is 32.2. The Morgan fingerprint density at radius 1 is 0.938 bits per heavy atom. The second kappa shape index (κ2) is 14.9. The molecule has 1 unspecified atom stereocenters. The first-order chi connectivity index (χ1) is 23.4. The van der Waals surface area contributed by atoms with Gasteiger partial charge in [0, 0.05) is 11.3 Å². The number of nitrogens with zero attached hydrogens (tertiary/aromatic N) is 3. The minimum Gasteiger partial charge on any atom is -0.507 e. The average molecular weight is 682 g/mol. The Hall–Kier alpha value is -4.87. The van der Waals surface area contributed by atoms with Gasteiger partial charge in [0.25, 0.3) is 5.78 Å². The van der Waals surface area contributed by atoms with Crippen LogP contribution in [0.25, 0.3) is 16.5 Å². The number of carbonyl (C=O) groups excluding carboxylic acids is 2. The van der Waals surface area contributed by atoms with Crippen molar-refractivity contribution in [1.29, 1.82) is 0 Å². The molecule has 1 atom stereocenters. The maximum Gasteiger partial charge on any atom is 0.301 e. The molecular weight excluding hydrogens is 647 g/mol. The molecule has 1 saturated heterocycles. The number of rotatable bonds is 13. The highest BCUT2D eigenvalue weighted by Gasteiger charge is 2.48. The third-order valence-electron chi connectivity index (χ3n) is 7.98. The van der Waals surface area contributed by atoms with Crippen molar-refractivity contribution in [1.82, 2.24) is 10.2 Å². The number of anilines is 1. The van der Waals surface area contributed by atoms with E-state index in [0.717, 1.165) is 29.2 Å². The number of ketones is 1. The summed E-state index contributed by atoms with van der Waals surface area (Å²) < 4.78 is 17.8. The lowest BCUT2D eigenvalue weighted by atomic mass is 9.95. The standard InChI is InChI=1S/C37H35N3O6S2/c1-4-6-20-46-29-19-16-25(21-30(29)45-5-2)32-31(33(41)24-14-17-27(44-3)18-15-24)34(42)35(43)40(32)36-38-39-37(48-36)47-22-26-12-9-11-23-10-7-8-13-28(23)26/h7-19,21,32,41H,4-6,20,22H2,1-3H3. The number of aliphatic hydroxyl groups is 1. The molecule has 4 aromatic carbocycles. The summed E-state index contributed by atoms with van der Waals surface area (Å²) in [6.07, 6.45) is 1.86. The lowest BCUT2D eigenvalue weighted by molar-refractivity contribution is -0.132. The fraction of sp³-hybridized carbons (Fsp3) is 0.243. The van der Waals surface area contributed by atoms with Crippen LogP contribution in [0.2, 0.25) is 0 Å². The van der Waals surface area contributed by atoms with Gasteiger partial charge in [0.2, 0.25) is 5.13 Å². The van der Waals surface area contributed by atoms with Crippen LogP contribution in [0.1, 0.15) is 49.4 Å². The number of Topliss-reactive ketones (excluding diaryl/α,β-unsaturated/α-hetero) is 1. The largest absolute Gasteiger partial charge is 0.507 e. The fourth-order valence-electron chi connectivity index (χ4n) is 5.57.